The lowest BCUT2D eigenvalue weighted by atomic mass is 10.1. The fraction of sp³-hybridized carbons (Fsp3) is 0.923. The minimum Gasteiger partial charge on any atom is -0.444 e. The predicted octanol–water partition coefficient (Wildman–Crippen LogP) is 2.68. The number of carbonyl (C=O) groups excluding carboxylic acids is 1. The van der Waals surface area contributed by atoms with Gasteiger partial charge in [-0.15, -0.1) is 0 Å². The van der Waals surface area contributed by atoms with Gasteiger partial charge in [0.15, 0.2) is 0 Å². The number of unbranched alkanes of at least 4 members (excludes halogenated alkanes) is 1. The zero-order valence-electron chi connectivity index (χ0n) is 12.1. The highest BCUT2D eigenvalue weighted by molar-refractivity contribution is 5.67. The molecular formula is C13H28N2O2. The molecule has 0 aromatic rings. The van der Waals surface area contributed by atoms with Gasteiger partial charge >= 0.3 is 6.09 Å². The summed E-state index contributed by atoms with van der Waals surface area (Å²) >= 11 is 0. The maximum Gasteiger partial charge on any atom is 0.407 e. The van der Waals surface area contributed by atoms with Gasteiger partial charge in [-0.1, -0.05) is 13.3 Å². The maximum atomic E-state index is 11.5. The van der Waals surface area contributed by atoms with E-state index in [4.69, 9.17) is 4.74 Å². The quantitative estimate of drug-likeness (QED) is 0.706. The van der Waals surface area contributed by atoms with Crippen LogP contribution in [0.2, 0.25) is 0 Å². The lowest BCUT2D eigenvalue weighted by Crippen LogP contribution is -2.50. The molecule has 0 unspecified atom stereocenters. The van der Waals surface area contributed by atoms with Crippen LogP contribution >= 0.6 is 0 Å². The van der Waals surface area contributed by atoms with Crippen molar-refractivity contribution < 1.29 is 9.53 Å². The van der Waals surface area contributed by atoms with Crippen LogP contribution < -0.4 is 10.6 Å². The molecule has 0 aromatic heterocycles. The van der Waals surface area contributed by atoms with E-state index in [0.717, 1.165) is 13.0 Å². The van der Waals surface area contributed by atoms with E-state index in [1.165, 1.54) is 6.42 Å². The average Bonchev–Trinajstić information content (AvgIpc) is 2.13. The molecule has 0 rings (SSSR count). The number of ether oxygens (including phenoxy) is 1. The summed E-state index contributed by atoms with van der Waals surface area (Å²) in [6.07, 6.45) is 1.96. The van der Waals surface area contributed by atoms with E-state index in [1.807, 2.05) is 20.8 Å². The predicted molar refractivity (Wildman–Crippen MR) is 71.2 cm³/mol. The third-order valence-corrected chi connectivity index (χ3v) is 2.21. The van der Waals surface area contributed by atoms with Gasteiger partial charge in [0.25, 0.3) is 0 Å². The maximum absolute atomic E-state index is 11.5. The number of alkyl carbamates (subject to hydrolysis) is 1. The Labute approximate surface area is 105 Å². The van der Waals surface area contributed by atoms with Crippen molar-refractivity contribution in [3.8, 4) is 0 Å². The highest BCUT2D eigenvalue weighted by atomic mass is 16.6. The zero-order chi connectivity index (χ0) is 13.5. The van der Waals surface area contributed by atoms with Gasteiger partial charge in [0.2, 0.25) is 0 Å². The molecule has 4 nitrogen and oxygen atoms in total. The summed E-state index contributed by atoms with van der Waals surface area (Å²) in [5.74, 6) is 0. The summed E-state index contributed by atoms with van der Waals surface area (Å²) in [5.41, 5.74) is -0.546. The molecule has 0 bridgehead atoms. The fourth-order valence-electron chi connectivity index (χ4n) is 1.27. The molecule has 17 heavy (non-hydrogen) atoms. The van der Waals surface area contributed by atoms with Gasteiger partial charge in [-0.05, 0) is 47.6 Å². The second kappa shape index (κ2) is 6.84. The molecule has 0 fully saturated rings. The Morgan fingerprint density at radius 2 is 1.76 bits per heavy atom. The molecule has 0 radical (unpaired) electrons. The van der Waals surface area contributed by atoms with Crippen LogP contribution in [0.1, 0.15) is 54.4 Å². The Hall–Kier alpha value is -0.770. The molecule has 4 heteroatoms. The van der Waals surface area contributed by atoms with Crippen molar-refractivity contribution in [1.82, 2.24) is 10.6 Å². The number of hydrogen-bond acceptors (Lipinski definition) is 3. The van der Waals surface area contributed by atoms with E-state index in [9.17, 15) is 4.79 Å². The molecule has 0 aliphatic carbocycles. The zero-order valence-corrected chi connectivity index (χ0v) is 12.1. The van der Waals surface area contributed by atoms with Gasteiger partial charge in [0.1, 0.15) is 5.60 Å². The molecule has 2 N–H and O–H groups in total. The SMILES string of the molecule is CCCCNC(C)(C)CNC(=O)OC(C)(C)C. The van der Waals surface area contributed by atoms with Crippen LogP contribution in [0.3, 0.4) is 0 Å². The minimum absolute atomic E-state index is 0.105. The molecule has 0 aromatic carbocycles. The molecule has 0 atom stereocenters. The van der Waals surface area contributed by atoms with Crippen molar-refractivity contribution in [2.24, 2.45) is 0 Å². The standard InChI is InChI=1S/C13H28N2O2/c1-7-8-9-15-13(5,6)10-14-11(16)17-12(2,3)4/h15H,7-10H2,1-6H3,(H,14,16). The first-order valence-corrected chi connectivity index (χ1v) is 6.38. The van der Waals surface area contributed by atoms with E-state index in [2.05, 4.69) is 31.4 Å². The number of hydrogen-bond donors (Lipinski definition) is 2. The van der Waals surface area contributed by atoms with Crippen molar-refractivity contribution >= 4 is 6.09 Å². The molecule has 0 spiro atoms. The molecule has 102 valence electrons. The largest absolute Gasteiger partial charge is 0.444 e. The first kappa shape index (κ1) is 16.2. The Balaban J connectivity index is 3.88. The first-order valence-electron chi connectivity index (χ1n) is 6.38. The molecule has 0 heterocycles. The normalized spacial score (nSPS) is 12.4. The smallest absolute Gasteiger partial charge is 0.407 e. The van der Waals surface area contributed by atoms with Crippen molar-refractivity contribution in [3.05, 3.63) is 0 Å². The lowest BCUT2D eigenvalue weighted by molar-refractivity contribution is 0.0513. The van der Waals surface area contributed by atoms with Crippen LogP contribution in [0.4, 0.5) is 4.79 Å². The van der Waals surface area contributed by atoms with Crippen LogP contribution in [-0.4, -0.2) is 30.3 Å². The first-order chi connectivity index (χ1) is 7.66. The fourth-order valence-corrected chi connectivity index (χ4v) is 1.27. The van der Waals surface area contributed by atoms with Gasteiger partial charge in [-0.3, -0.25) is 0 Å². The van der Waals surface area contributed by atoms with Crippen LogP contribution in [0.15, 0.2) is 0 Å². The number of rotatable bonds is 6. The summed E-state index contributed by atoms with van der Waals surface area (Å²) < 4.78 is 5.18. The summed E-state index contributed by atoms with van der Waals surface area (Å²) in [6.45, 7) is 13.4. The van der Waals surface area contributed by atoms with Crippen molar-refractivity contribution in [2.45, 2.75) is 65.5 Å². The molecule has 1 amide bonds. The Morgan fingerprint density at radius 3 is 2.24 bits per heavy atom. The number of nitrogens with one attached hydrogen (secondary N) is 2. The van der Waals surface area contributed by atoms with Gasteiger partial charge in [0, 0.05) is 12.1 Å². The van der Waals surface area contributed by atoms with Gasteiger partial charge < -0.3 is 15.4 Å². The summed E-state index contributed by atoms with van der Waals surface area (Å²) in [5, 5.41) is 6.19. The van der Waals surface area contributed by atoms with E-state index >= 15 is 0 Å². The summed E-state index contributed by atoms with van der Waals surface area (Å²) in [7, 11) is 0. The van der Waals surface area contributed by atoms with Crippen LogP contribution in [-0.2, 0) is 4.74 Å². The van der Waals surface area contributed by atoms with Gasteiger partial charge in [-0.2, -0.15) is 0 Å². The summed E-state index contributed by atoms with van der Waals surface area (Å²) in [4.78, 5) is 11.5. The second-order valence-electron chi connectivity index (χ2n) is 6.02. The molecule has 0 saturated carbocycles. The Kier molecular flexibility index (Phi) is 6.53. The van der Waals surface area contributed by atoms with Crippen LogP contribution in [0, 0.1) is 0 Å². The molecular weight excluding hydrogens is 216 g/mol. The highest BCUT2D eigenvalue weighted by Gasteiger charge is 2.20. The van der Waals surface area contributed by atoms with Crippen molar-refractivity contribution in [3.63, 3.8) is 0 Å². The lowest BCUT2D eigenvalue weighted by Gasteiger charge is -2.27. The molecule has 0 aliphatic rings. The highest BCUT2D eigenvalue weighted by Crippen LogP contribution is 2.07. The number of amides is 1. The van der Waals surface area contributed by atoms with E-state index in [0.29, 0.717) is 6.54 Å². The van der Waals surface area contributed by atoms with Gasteiger partial charge in [-0.25, -0.2) is 4.79 Å². The van der Waals surface area contributed by atoms with E-state index in [1.54, 1.807) is 0 Å². The molecule has 0 aliphatic heterocycles. The van der Waals surface area contributed by atoms with Crippen molar-refractivity contribution in [2.75, 3.05) is 13.1 Å². The topological polar surface area (TPSA) is 50.4 Å². The monoisotopic (exact) mass is 244 g/mol. The Morgan fingerprint density at radius 1 is 1.18 bits per heavy atom. The van der Waals surface area contributed by atoms with Crippen LogP contribution in [0.5, 0.6) is 0 Å². The third-order valence-electron chi connectivity index (χ3n) is 2.21. The summed E-state index contributed by atoms with van der Waals surface area (Å²) in [6, 6.07) is 0. The second-order valence-corrected chi connectivity index (χ2v) is 6.02. The average molecular weight is 244 g/mol. The Bertz CT molecular complexity index is 232. The third kappa shape index (κ3) is 10.1. The van der Waals surface area contributed by atoms with Gasteiger partial charge in [0.05, 0.1) is 0 Å². The van der Waals surface area contributed by atoms with Crippen LogP contribution in [0.25, 0.3) is 0 Å². The molecule has 0 saturated heterocycles. The van der Waals surface area contributed by atoms with E-state index in [-0.39, 0.29) is 11.6 Å². The number of carbonyl (C=O) groups is 1. The van der Waals surface area contributed by atoms with Crippen molar-refractivity contribution in [1.29, 1.82) is 0 Å². The minimum atomic E-state index is -0.441. The van der Waals surface area contributed by atoms with E-state index < -0.39 is 5.60 Å².